The molecule has 0 saturated heterocycles. The molecule has 0 bridgehead atoms. The van der Waals surface area contributed by atoms with Crippen LogP contribution in [-0.2, 0) is 0 Å². The van der Waals surface area contributed by atoms with E-state index in [0.29, 0.717) is 11.3 Å². The maximum atomic E-state index is 8.90. The number of benzene rings is 2. The number of nitriles is 1. The van der Waals surface area contributed by atoms with Crippen molar-refractivity contribution in [3.05, 3.63) is 48.0 Å². The standard InChI is InChI=1S/C14H12N2OS/c1-17-12-4-2-3-5-13(12)18-14-8-10(9-15)6-7-11(14)16/h2-8H,16H2,1H3. The van der Waals surface area contributed by atoms with E-state index in [9.17, 15) is 0 Å². The van der Waals surface area contributed by atoms with Crippen molar-refractivity contribution in [1.29, 1.82) is 5.26 Å². The molecule has 0 aromatic heterocycles. The van der Waals surface area contributed by atoms with Crippen molar-refractivity contribution in [1.82, 2.24) is 0 Å². The van der Waals surface area contributed by atoms with Crippen molar-refractivity contribution < 1.29 is 4.74 Å². The number of anilines is 1. The SMILES string of the molecule is COc1ccccc1Sc1cc(C#N)ccc1N. The number of rotatable bonds is 3. The van der Waals surface area contributed by atoms with Gasteiger partial charge in [-0.2, -0.15) is 5.26 Å². The minimum atomic E-state index is 0.599. The molecule has 0 fully saturated rings. The third kappa shape index (κ3) is 2.58. The maximum Gasteiger partial charge on any atom is 0.132 e. The Morgan fingerprint density at radius 1 is 1.17 bits per heavy atom. The highest BCUT2D eigenvalue weighted by Gasteiger charge is 2.07. The lowest BCUT2D eigenvalue weighted by atomic mass is 10.2. The van der Waals surface area contributed by atoms with E-state index in [1.54, 1.807) is 25.3 Å². The fraction of sp³-hybridized carbons (Fsp3) is 0.0714. The van der Waals surface area contributed by atoms with Gasteiger partial charge in [0.2, 0.25) is 0 Å². The molecule has 2 aromatic rings. The normalized spacial score (nSPS) is 9.78. The topological polar surface area (TPSA) is 59.0 Å². The molecule has 0 saturated carbocycles. The van der Waals surface area contributed by atoms with Crippen molar-refractivity contribution in [3.8, 4) is 11.8 Å². The van der Waals surface area contributed by atoms with Crippen molar-refractivity contribution in [2.75, 3.05) is 12.8 Å². The van der Waals surface area contributed by atoms with E-state index in [-0.39, 0.29) is 0 Å². The summed E-state index contributed by atoms with van der Waals surface area (Å²) >= 11 is 1.49. The van der Waals surface area contributed by atoms with Gasteiger partial charge in [-0.3, -0.25) is 0 Å². The largest absolute Gasteiger partial charge is 0.496 e. The van der Waals surface area contributed by atoms with Gasteiger partial charge in [0.15, 0.2) is 0 Å². The third-order valence-corrected chi connectivity index (χ3v) is 3.56. The predicted molar refractivity (Wildman–Crippen MR) is 72.7 cm³/mol. The minimum absolute atomic E-state index is 0.599. The molecular formula is C14H12N2OS. The zero-order valence-corrected chi connectivity index (χ0v) is 10.7. The van der Waals surface area contributed by atoms with Crippen LogP contribution in [0.5, 0.6) is 5.75 Å². The molecule has 90 valence electrons. The zero-order chi connectivity index (χ0) is 13.0. The molecule has 0 amide bonds. The van der Waals surface area contributed by atoms with Crippen molar-refractivity contribution in [2.24, 2.45) is 0 Å². The van der Waals surface area contributed by atoms with Gasteiger partial charge in [0.1, 0.15) is 5.75 Å². The van der Waals surface area contributed by atoms with E-state index in [0.717, 1.165) is 15.5 Å². The second-order valence-electron chi connectivity index (χ2n) is 3.62. The van der Waals surface area contributed by atoms with Gasteiger partial charge in [0, 0.05) is 10.6 Å². The summed E-state index contributed by atoms with van der Waals surface area (Å²) < 4.78 is 5.29. The second kappa shape index (κ2) is 5.48. The molecule has 3 nitrogen and oxygen atoms in total. The molecule has 0 atom stereocenters. The first-order valence-electron chi connectivity index (χ1n) is 5.35. The van der Waals surface area contributed by atoms with Crippen LogP contribution in [0.4, 0.5) is 5.69 Å². The molecule has 0 radical (unpaired) electrons. The zero-order valence-electron chi connectivity index (χ0n) is 9.88. The number of hydrogen-bond acceptors (Lipinski definition) is 4. The number of nitrogen functional groups attached to an aromatic ring is 1. The highest BCUT2D eigenvalue weighted by atomic mass is 32.2. The summed E-state index contributed by atoms with van der Waals surface area (Å²) in [6, 6.07) is 15.1. The molecule has 2 aromatic carbocycles. The van der Waals surface area contributed by atoms with Crippen molar-refractivity contribution >= 4 is 17.4 Å². The van der Waals surface area contributed by atoms with Gasteiger partial charge < -0.3 is 10.5 Å². The lowest BCUT2D eigenvalue weighted by Gasteiger charge is -2.09. The van der Waals surface area contributed by atoms with Crippen molar-refractivity contribution in [2.45, 2.75) is 9.79 Å². The Hall–Kier alpha value is -2.12. The summed E-state index contributed by atoms with van der Waals surface area (Å²) in [5.41, 5.74) is 7.17. The van der Waals surface area contributed by atoms with E-state index < -0.39 is 0 Å². The summed E-state index contributed by atoms with van der Waals surface area (Å²) in [5, 5.41) is 8.90. The maximum absolute atomic E-state index is 8.90. The molecule has 4 heteroatoms. The number of nitrogens with zero attached hydrogens (tertiary/aromatic N) is 1. The Balaban J connectivity index is 2.37. The highest BCUT2D eigenvalue weighted by Crippen LogP contribution is 2.37. The first kappa shape index (κ1) is 12.3. The van der Waals surface area contributed by atoms with Crippen LogP contribution < -0.4 is 10.5 Å². The van der Waals surface area contributed by atoms with E-state index in [4.69, 9.17) is 15.7 Å². The van der Waals surface area contributed by atoms with Gasteiger partial charge in [-0.05, 0) is 30.3 Å². The summed E-state index contributed by atoms with van der Waals surface area (Å²) in [4.78, 5) is 1.83. The number of para-hydroxylation sites is 1. The Morgan fingerprint density at radius 3 is 2.67 bits per heavy atom. The molecule has 18 heavy (non-hydrogen) atoms. The second-order valence-corrected chi connectivity index (χ2v) is 4.70. The molecule has 0 heterocycles. The smallest absolute Gasteiger partial charge is 0.132 e. The summed E-state index contributed by atoms with van der Waals surface area (Å²) in [6.07, 6.45) is 0. The molecular weight excluding hydrogens is 244 g/mol. The quantitative estimate of drug-likeness (QED) is 0.856. The minimum Gasteiger partial charge on any atom is -0.496 e. The average Bonchev–Trinajstić information content (AvgIpc) is 2.42. The molecule has 0 aliphatic heterocycles. The first-order valence-corrected chi connectivity index (χ1v) is 6.16. The van der Waals surface area contributed by atoms with Gasteiger partial charge in [0.25, 0.3) is 0 Å². The van der Waals surface area contributed by atoms with E-state index >= 15 is 0 Å². The lowest BCUT2D eigenvalue weighted by Crippen LogP contribution is -1.90. The fourth-order valence-electron chi connectivity index (χ4n) is 1.51. The van der Waals surface area contributed by atoms with Crippen LogP contribution in [-0.4, -0.2) is 7.11 Å². The first-order chi connectivity index (χ1) is 8.74. The van der Waals surface area contributed by atoms with Gasteiger partial charge in [-0.15, -0.1) is 0 Å². The summed E-state index contributed by atoms with van der Waals surface area (Å²) in [6.45, 7) is 0. The average molecular weight is 256 g/mol. The van der Waals surface area contributed by atoms with E-state index in [1.807, 2.05) is 24.3 Å². The molecule has 0 aliphatic carbocycles. The highest BCUT2D eigenvalue weighted by molar-refractivity contribution is 7.99. The molecule has 0 spiro atoms. The van der Waals surface area contributed by atoms with E-state index in [1.165, 1.54) is 11.8 Å². The molecule has 0 aliphatic rings. The monoisotopic (exact) mass is 256 g/mol. The summed E-state index contributed by atoms with van der Waals surface area (Å²) in [5.74, 6) is 0.796. The van der Waals surface area contributed by atoms with E-state index in [2.05, 4.69) is 6.07 Å². The number of ether oxygens (including phenoxy) is 1. The number of nitrogens with two attached hydrogens (primary N) is 1. The van der Waals surface area contributed by atoms with Crippen LogP contribution in [0.2, 0.25) is 0 Å². The number of hydrogen-bond donors (Lipinski definition) is 1. The van der Waals surface area contributed by atoms with Gasteiger partial charge in [-0.1, -0.05) is 23.9 Å². The Bertz CT molecular complexity index is 605. The van der Waals surface area contributed by atoms with Gasteiger partial charge in [-0.25, -0.2) is 0 Å². The Labute approximate surface area is 110 Å². The molecule has 2 N–H and O–H groups in total. The van der Waals surface area contributed by atoms with Gasteiger partial charge in [0.05, 0.1) is 23.6 Å². The Morgan fingerprint density at radius 2 is 1.94 bits per heavy atom. The van der Waals surface area contributed by atoms with Crippen LogP contribution in [0.3, 0.4) is 0 Å². The third-order valence-electron chi connectivity index (χ3n) is 2.43. The summed E-state index contributed by atoms with van der Waals surface area (Å²) in [7, 11) is 1.63. The van der Waals surface area contributed by atoms with Crippen LogP contribution in [0.15, 0.2) is 52.3 Å². The predicted octanol–water partition coefficient (Wildman–Crippen LogP) is 3.30. The lowest BCUT2D eigenvalue weighted by molar-refractivity contribution is 0.405. The van der Waals surface area contributed by atoms with Crippen LogP contribution in [0, 0.1) is 11.3 Å². The fourth-order valence-corrected chi connectivity index (χ4v) is 2.52. The van der Waals surface area contributed by atoms with Gasteiger partial charge >= 0.3 is 0 Å². The van der Waals surface area contributed by atoms with Crippen molar-refractivity contribution in [3.63, 3.8) is 0 Å². The molecule has 0 unspecified atom stereocenters. The van der Waals surface area contributed by atoms with Crippen LogP contribution in [0.1, 0.15) is 5.56 Å². The van der Waals surface area contributed by atoms with Crippen LogP contribution >= 0.6 is 11.8 Å². The number of methoxy groups -OCH3 is 1. The Kier molecular flexibility index (Phi) is 3.75. The van der Waals surface area contributed by atoms with Crippen LogP contribution in [0.25, 0.3) is 0 Å². The molecule has 2 rings (SSSR count).